The molecule has 0 spiro atoms. The lowest BCUT2D eigenvalue weighted by atomic mass is 10.2. The van der Waals surface area contributed by atoms with Crippen LogP contribution in [0.15, 0.2) is 18.2 Å². The fourth-order valence-corrected chi connectivity index (χ4v) is 2.24. The van der Waals surface area contributed by atoms with Gasteiger partial charge >= 0.3 is 16.4 Å². The second-order valence-electron chi connectivity index (χ2n) is 4.82. The smallest absolute Gasteiger partial charge is 0.448 e. The topological polar surface area (TPSA) is 126 Å². The first-order valence-corrected chi connectivity index (χ1v) is 8.29. The number of nitrogen functional groups attached to an aromatic ring is 1. The molecule has 2 aromatic rings. The Balaban J connectivity index is 2.15. The third kappa shape index (κ3) is 4.67. The van der Waals surface area contributed by atoms with Crippen molar-refractivity contribution >= 4 is 21.9 Å². The summed E-state index contributed by atoms with van der Waals surface area (Å²) < 4.78 is 50.1. The zero-order valence-electron chi connectivity index (χ0n) is 13.7. The van der Waals surface area contributed by atoms with E-state index in [1.165, 1.54) is 19.2 Å². The van der Waals surface area contributed by atoms with Gasteiger partial charge in [0.05, 0.1) is 25.6 Å². The highest BCUT2D eigenvalue weighted by Crippen LogP contribution is 2.23. The normalized spacial score (nSPS) is 11.2. The van der Waals surface area contributed by atoms with Crippen molar-refractivity contribution in [2.75, 3.05) is 25.3 Å². The molecule has 0 aliphatic heterocycles. The summed E-state index contributed by atoms with van der Waals surface area (Å²) in [6, 6.07) is 3.72. The maximum absolute atomic E-state index is 14.1. The Hall–Kier alpha value is -2.66. The van der Waals surface area contributed by atoms with Crippen molar-refractivity contribution in [3.63, 3.8) is 0 Å². The van der Waals surface area contributed by atoms with Crippen molar-refractivity contribution in [1.82, 2.24) is 9.97 Å². The summed E-state index contributed by atoms with van der Waals surface area (Å²) in [6.45, 7) is 1.74. The Labute approximate surface area is 144 Å². The quantitative estimate of drug-likeness (QED) is 0.741. The minimum absolute atomic E-state index is 0.0486. The number of nitrogens with two attached hydrogens (primary N) is 1. The van der Waals surface area contributed by atoms with Gasteiger partial charge in [0.15, 0.2) is 5.82 Å². The molecule has 0 aliphatic carbocycles. The van der Waals surface area contributed by atoms with E-state index in [1.807, 2.05) is 0 Å². The summed E-state index contributed by atoms with van der Waals surface area (Å²) in [4.78, 5) is 8.08. The molecule has 0 saturated carbocycles. The van der Waals surface area contributed by atoms with E-state index < -0.39 is 16.2 Å². The molecule has 0 saturated heterocycles. The van der Waals surface area contributed by atoms with Crippen LogP contribution in [-0.4, -0.2) is 32.6 Å². The van der Waals surface area contributed by atoms with Crippen LogP contribution in [0.3, 0.4) is 0 Å². The van der Waals surface area contributed by atoms with Crippen LogP contribution in [0, 0.1) is 12.7 Å². The zero-order chi connectivity index (χ0) is 18.6. The molecule has 1 aromatic heterocycles. The first-order valence-electron chi connectivity index (χ1n) is 6.96. The van der Waals surface area contributed by atoms with E-state index >= 15 is 0 Å². The third-order valence-electron chi connectivity index (χ3n) is 3.17. The minimum atomic E-state index is -4.21. The molecule has 2 rings (SSSR count). The largest absolute Gasteiger partial charge is 0.467 e. The van der Waals surface area contributed by atoms with Crippen LogP contribution in [0.5, 0.6) is 11.8 Å². The second kappa shape index (κ2) is 7.49. The Morgan fingerprint density at radius 3 is 2.60 bits per heavy atom. The molecule has 25 heavy (non-hydrogen) atoms. The fraction of sp³-hybridized carbons (Fsp3) is 0.286. The molecular weight excluding hydrogens is 355 g/mol. The minimum Gasteiger partial charge on any atom is -0.467 e. The Kier molecular flexibility index (Phi) is 5.59. The van der Waals surface area contributed by atoms with Crippen LogP contribution < -0.4 is 20.0 Å². The molecule has 0 fully saturated rings. The Morgan fingerprint density at radius 1 is 1.28 bits per heavy atom. The lowest BCUT2D eigenvalue weighted by Gasteiger charge is -2.12. The number of aryl methyl sites for hydroxylation is 1. The van der Waals surface area contributed by atoms with Crippen molar-refractivity contribution in [3.8, 4) is 11.8 Å². The predicted octanol–water partition coefficient (Wildman–Crippen LogP) is 1.40. The van der Waals surface area contributed by atoms with Gasteiger partial charge in [-0.05, 0) is 13.0 Å². The monoisotopic (exact) mass is 372 g/mol. The Morgan fingerprint density at radius 2 is 2.00 bits per heavy atom. The number of nitrogens with zero attached hydrogens (tertiary/aromatic N) is 2. The molecule has 0 atom stereocenters. The molecule has 0 unspecified atom stereocenters. The lowest BCUT2D eigenvalue weighted by Crippen LogP contribution is -2.11. The number of rotatable bonds is 7. The summed E-state index contributed by atoms with van der Waals surface area (Å²) in [5.74, 6) is -0.583. The van der Waals surface area contributed by atoms with Crippen molar-refractivity contribution in [2.24, 2.45) is 0 Å². The standard InChI is InChI=1S/C14H17FN4O5S/c1-8-12(16)13(19-14(18-8)22-2)17-7-9-4-5-10(6-11(9)15)24-25(20,21)23-3/h4-6H,7,16H2,1-3H3,(H,17,18,19). The molecule has 0 bridgehead atoms. The van der Waals surface area contributed by atoms with Gasteiger partial charge in [-0.25, -0.2) is 8.57 Å². The number of ether oxygens (including phenoxy) is 1. The summed E-state index contributed by atoms with van der Waals surface area (Å²) in [7, 11) is -1.85. The van der Waals surface area contributed by atoms with Crippen LogP contribution >= 0.6 is 0 Å². The van der Waals surface area contributed by atoms with Crippen molar-refractivity contribution < 1.29 is 25.9 Å². The highest BCUT2D eigenvalue weighted by atomic mass is 32.3. The van der Waals surface area contributed by atoms with Gasteiger partial charge in [0.25, 0.3) is 0 Å². The molecule has 3 N–H and O–H groups in total. The first-order chi connectivity index (χ1) is 11.8. The molecule has 1 heterocycles. The van der Waals surface area contributed by atoms with E-state index in [0.717, 1.165) is 13.2 Å². The molecule has 1 aromatic carbocycles. The van der Waals surface area contributed by atoms with E-state index in [2.05, 4.69) is 23.7 Å². The van der Waals surface area contributed by atoms with Crippen LogP contribution in [0.25, 0.3) is 0 Å². The van der Waals surface area contributed by atoms with Gasteiger partial charge in [0, 0.05) is 18.2 Å². The van der Waals surface area contributed by atoms with Crippen LogP contribution in [0.1, 0.15) is 11.3 Å². The Bertz CT molecular complexity index is 876. The molecule has 136 valence electrons. The van der Waals surface area contributed by atoms with Gasteiger partial charge in [-0.15, -0.1) is 0 Å². The molecule has 0 radical (unpaired) electrons. The number of aromatic nitrogens is 2. The highest BCUT2D eigenvalue weighted by Gasteiger charge is 2.14. The van der Waals surface area contributed by atoms with E-state index in [4.69, 9.17) is 10.5 Å². The molecule has 0 amide bonds. The van der Waals surface area contributed by atoms with E-state index in [0.29, 0.717) is 17.2 Å². The maximum atomic E-state index is 14.1. The lowest BCUT2D eigenvalue weighted by molar-refractivity contribution is 0.330. The highest BCUT2D eigenvalue weighted by molar-refractivity contribution is 7.82. The number of halogens is 1. The van der Waals surface area contributed by atoms with E-state index in [1.54, 1.807) is 6.92 Å². The molecule has 0 aliphatic rings. The summed E-state index contributed by atoms with van der Waals surface area (Å²) in [5.41, 5.74) is 6.96. The van der Waals surface area contributed by atoms with Gasteiger partial charge in [-0.3, -0.25) is 0 Å². The van der Waals surface area contributed by atoms with Gasteiger partial charge < -0.3 is 20.0 Å². The number of methoxy groups -OCH3 is 1. The van der Waals surface area contributed by atoms with Gasteiger partial charge in [0.1, 0.15) is 11.6 Å². The summed E-state index contributed by atoms with van der Waals surface area (Å²) in [6.07, 6.45) is 0. The average molecular weight is 372 g/mol. The number of anilines is 2. The van der Waals surface area contributed by atoms with E-state index in [9.17, 15) is 12.8 Å². The zero-order valence-corrected chi connectivity index (χ0v) is 14.6. The second-order valence-corrected chi connectivity index (χ2v) is 6.14. The van der Waals surface area contributed by atoms with Crippen molar-refractivity contribution in [3.05, 3.63) is 35.3 Å². The molecular formula is C14H17FN4O5S. The molecule has 11 heteroatoms. The van der Waals surface area contributed by atoms with E-state index in [-0.39, 0.29) is 23.9 Å². The van der Waals surface area contributed by atoms with Gasteiger partial charge in [-0.1, -0.05) is 6.07 Å². The number of hydrogen-bond donors (Lipinski definition) is 2. The summed E-state index contributed by atoms with van der Waals surface area (Å²) >= 11 is 0. The van der Waals surface area contributed by atoms with Crippen LogP contribution in [0.4, 0.5) is 15.9 Å². The summed E-state index contributed by atoms with van der Waals surface area (Å²) in [5, 5.41) is 2.88. The predicted molar refractivity (Wildman–Crippen MR) is 88.0 cm³/mol. The van der Waals surface area contributed by atoms with Crippen LogP contribution in [-0.2, 0) is 21.1 Å². The first kappa shape index (κ1) is 18.7. The van der Waals surface area contributed by atoms with Crippen LogP contribution in [0.2, 0.25) is 0 Å². The SMILES string of the molecule is COc1nc(C)c(N)c(NCc2ccc(OS(=O)(=O)OC)cc2F)n1. The number of benzene rings is 1. The maximum Gasteiger partial charge on any atom is 0.448 e. The van der Waals surface area contributed by atoms with Gasteiger partial charge in [0.2, 0.25) is 0 Å². The number of nitrogens with one attached hydrogen (secondary N) is 1. The third-order valence-corrected chi connectivity index (χ3v) is 3.98. The fourth-order valence-electron chi connectivity index (χ4n) is 1.84. The van der Waals surface area contributed by atoms with Crippen molar-refractivity contribution in [1.29, 1.82) is 0 Å². The molecule has 9 nitrogen and oxygen atoms in total. The number of hydrogen-bond acceptors (Lipinski definition) is 9. The average Bonchev–Trinajstić information content (AvgIpc) is 2.57. The van der Waals surface area contributed by atoms with Gasteiger partial charge in [-0.2, -0.15) is 18.4 Å². The van der Waals surface area contributed by atoms with Crippen molar-refractivity contribution in [2.45, 2.75) is 13.5 Å².